The molecule has 0 aromatic carbocycles. The zero-order chi connectivity index (χ0) is 10.9. The third-order valence-electron chi connectivity index (χ3n) is 2.94. The number of pyridine rings is 1. The van der Waals surface area contributed by atoms with E-state index in [-0.39, 0.29) is 0 Å². The van der Waals surface area contributed by atoms with Gasteiger partial charge in [0.2, 0.25) is 0 Å². The van der Waals surface area contributed by atoms with Crippen molar-refractivity contribution in [3.05, 3.63) is 30.6 Å². The largest absolute Gasteiger partial charge is 0.205 e. The highest BCUT2D eigenvalue weighted by Gasteiger charge is 2.03. The van der Waals surface area contributed by atoms with Crippen LogP contribution in [0, 0.1) is 5.92 Å². The van der Waals surface area contributed by atoms with Crippen LogP contribution in [0.2, 0.25) is 0 Å². The van der Waals surface area contributed by atoms with Crippen molar-refractivity contribution in [2.45, 2.75) is 52.5 Å². The number of hydrogen-bond donors (Lipinski definition) is 0. The average Bonchev–Trinajstić information content (AvgIpc) is 2.28. The van der Waals surface area contributed by atoms with E-state index in [0.717, 1.165) is 12.5 Å². The topological polar surface area (TPSA) is 3.88 Å². The molecule has 1 heteroatoms. The fraction of sp³-hybridized carbons (Fsp3) is 0.643. The zero-order valence-corrected chi connectivity index (χ0v) is 10.2. The van der Waals surface area contributed by atoms with E-state index in [1.807, 2.05) is 0 Å². The van der Waals surface area contributed by atoms with E-state index in [4.69, 9.17) is 0 Å². The molecule has 1 atom stereocenters. The van der Waals surface area contributed by atoms with Crippen LogP contribution in [-0.2, 0) is 6.54 Å². The Bertz CT molecular complexity index is 243. The van der Waals surface area contributed by atoms with Gasteiger partial charge in [0, 0.05) is 18.6 Å². The van der Waals surface area contributed by atoms with Crippen molar-refractivity contribution < 1.29 is 4.57 Å². The standard InChI is InChI=1S/C14H24N/c1-3-4-9-14(2)10-8-13-15-11-6-5-7-12-15/h5-7,11-12,14H,3-4,8-10,13H2,1-2H3/q+1. The van der Waals surface area contributed by atoms with Gasteiger partial charge in [-0.3, -0.25) is 0 Å². The molecule has 0 aliphatic heterocycles. The fourth-order valence-corrected chi connectivity index (χ4v) is 1.90. The van der Waals surface area contributed by atoms with Gasteiger partial charge in [0.25, 0.3) is 0 Å². The van der Waals surface area contributed by atoms with Crippen LogP contribution in [0.25, 0.3) is 0 Å². The molecule has 1 rings (SSSR count). The van der Waals surface area contributed by atoms with Crippen molar-refractivity contribution in [3.63, 3.8) is 0 Å². The SMILES string of the molecule is CCCCC(C)CCC[n+]1ccccc1. The molecule has 0 aliphatic rings. The van der Waals surface area contributed by atoms with Crippen LogP contribution in [0.4, 0.5) is 0 Å². The molecule has 0 aliphatic carbocycles. The molecule has 0 amide bonds. The Morgan fingerprint density at radius 1 is 1.00 bits per heavy atom. The lowest BCUT2D eigenvalue weighted by atomic mass is 9.99. The number of unbranched alkanes of at least 4 members (excludes halogenated alkanes) is 1. The molecule has 1 aromatic rings. The van der Waals surface area contributed by atoms with Crippen LogP contribution < -0.4 is 4.57 Å². The van der Waals surface area contributed by atoms with Crippen molar-refractivity contribution in [1.82, 2.24) is 0 Å². The number of rotatable bonds is 7. The second-order valence-corrected chi connectivity index (χ2v) is 4.50. The summed E-state index contributed by atoms with van der Waals surface area (Å²) in [6.45, 7) is 5.81. The summed E-state index contributed by atoms with van der Waals surface area (Å²) in [6, 6.07) is 6.27. The van der Waals surface area contributed by atoms with Crippen LogP contribution >= 0.6 is 0 Å². The number of nitrogens with zero attached hydrogens (tertiary/aromatic N) is 1. The normalized spacial score (nSPS) is 12.7. The average molecular weight is 206 g/mol. The van der Waals surface area contributed by atoms with E-state index in [0.29, 0.717) is 0 Å². The maximum Gasteiger partial charge on any atom is 0.168 e. The summed E-state index contributed by atoms with van der Waals surface area (Å²) in [5.41, 5.74) is 0. The highest BCUT2D eigenvalue weighted by Crippen LogP contribution is 2.13. The molecule has 1 nitrogen and oxygen atoms in total. The number of aromatic nitrogens is 1. The third-order valence-corrected chi connectivity index (χ3v) is 2.94. The van der Waals surface area contributed by atoms with Crippen LogP contribution in [0.3, 0.4) is 0 Å². The van der Waals surface area contributed by atoms with E-state index >= 15 is 0 Å². The minimum atomic E-state index is 0.897. The lowest BCUT2D eigenvalue weighted by molar-refractivity contribution is -0.697. The summed E-state index contributed by atoms with van der Waals surface area (Å²) in [5.74, 6) is 0.897. The predicted octanol–water partition coefficient (Wildman–Crippen LogP) is 3.58. The molecule has 84 valence electrons. The van der Waals surface area contributed by atoms with Gasteiger partial charge >= 0.3 is 0 Å². The molecule has 0 fully saturated rings. The van der Waals surface area contributed by atoms with E-state index < -0.39 is 0 Å². The van der Waals surface area contributed by atoms with Gasteiger partial charge < -0.3 is 0 Å². The van der Waals surface area contributed by atoms with Gasteiger partial charge in [-0.1, -0.05) is 39.2 Å². The Morgan fingerprint density at radius 2 is 1.67 bits per heavy atom. The molecule has 0 bridgehead atoms. The molecule has 0 N–H and O–H groups in total. The van der Waals surface area contributed by atoms with Crippen molar-refractivity contribution in [2.75, 3.05) is 0 Å². The molecule has 0 saturated heterocycles. The van der Waals surface area contributed by atoms with Gasteiger partial charge in [-0.05, 0) is 12.3 Å². The summed E-state index contributed by atoms with van der Waals surface area (Å²) in [6.07, 6.45) is 11.1. The molecule has 1 aromatic heterocycles. The summed E-state index contributed by atoms with van der Waals surface area (Å²) >= 11 is 0. The number of aryl methyl sites for hydroxylation is 1. The zero-order valence-electron chi connectivity index (χ0n) is 10.2. The molecule has 1 heterocycles. The lowest BCUT2D eigenvalue weighted by Gasteiger charge is -2.08. The van der Waals surface area contributed by atoms with Crippen molar-refractivity contribution >= 4 is 0 Å². The summed E-state index contributed by atoms with van der Waals surface area (Å²) in [7, 11) is 0. The van der Waals surface area contributed by atoms with E-state index in [1.54, 1.807) is 0 Å². The van der Waals surface area contributed by atoms with Crippen LogP contribution in [0.1, 0.15) is 46.0 Å². The molecule has 15 heavy (non-hydrogen) atoms. The summed E-state index contributed by atoms with van der Waals surface area (Å²) < 4.78 is 2.27. The Morgan fingerprint density at radius 3 is 2.33 bits per heavy atom. The number of hydrogen-bond acceptors (Lipinski definition) is 0. The van der Waals surface area contributed by atoms with E-state index in [9.17, 15) is 0 Å². The first kappa shape index (κ1) is 12.2. The molecular weight excluding hydrogens is 182 g/mol. The molecular formula is C14H24N+. The summed E-state index contributed by atoms with van der Waals surface area (Å²) in [4.78, 5) is 0. The Labute approximate surface area is 94.1 Å². The Hall–Kier alpha value is -0.850. The highest BCUT2D eigenvalue weighted by molar-refractivity contribution is 4.83. The first-order valence-electron chi connectivity index (χ1n) is 6.27. The van der Waals surface area contributed by atoms with Gasteiger partial charge in [0.05, 0.1) is 0 Å². The maximum atomic E-state index is 2.38. The first-order chi connectivity index (χ1) is 7.33. The first-order valence-corrected chi connectivity index (χ1v) is 6.27. The van der Waals surface area contributed by atoms with Gasteiger partial charge in [-0.2, -0.15) is 0 Å². The molecule has 0 radical (unpaired) electrons. The second kappa shape index (κ2) is 7.44. The highest BCUT2D eigenvalue weighted by atomic mass is 14.9. The van der Waals surface area contributed by atoms with Gasteiger partial charge in [-0.25, -0.2) is 4.57 Å². The van der Waals surface area contributed by atoms with E-state index in [1.165, 1.54) is 32.1 Å². The molecule has 0 spiro atoms. The maximum absolute atomic E-state index is 2.38. The van der Waals surface area contributed by atoms with Crippen LogP contribution in [-0.4, -0.2) is 0 Å². The third kappa shape index (κ3) is 5.56. The predicted molar refractivity (Wildman–Crippen MR) is 64.6 cm³/mol. The van der Waals surface area contributed by atoms with Crippen molar-refractivity contribution in [3.8, 4) is 0 Å². The van der Waals surface area contributed by atoms with Crippen molar-refractivity contribution in [2.24, 2.45) is 5.92 Å². The minimum Gasteiger partial charge on any atom is -0.205 e. The Kier molecular flexibility index (Phi) is 6.06. The molecule has 1 unspecified atom stereocenters. The van der Waals surface area contributed by atoms with Crippen LogP contribution in [0.5, 0.6) is 0 Å². The van der Waals surface area contributed by atoms with Gasteiger partial charge in [0.1, 0.15) is 6.54 Å². The quantitative estimate of drug-likeness (QED) is 0.600. The monoisotopic (exact) mass is 206 g/mol. The second-order valence-electron chi connectivity index (χ2n) is 4.50. The summed E-state index contributed by atoms with van der Waals surface area (Å²) in [5, 5.41) is 0. The minimum absolute atomic E-state index is 0.897. The smallest absolute Gasteiger partial charge is 0.168 e. The fourth-order valence-electron chi connectivity index (χ4n) is 1.90. The molecule has 0 saturated carbocycles. The van der Waals surface area contributed by atoms with Crippen molar-refractivity contribution in [1.29, 1.82) is 0 Å². The van der Waals surface area contributed by atoms with Gasteiger partial charge in [-0.15, -0.1) is 0 Å². The van der Waals surface area contributed by atoms with Gasteiger partial charge in [0.15, 0.2) is 12.4 Å². The van der Waals surface area contributed by atoms with E-state index in [2.05, 4.69) is 49.0 Å². The lowest BCUT2D eigenvalue weighted by Crippen LogP contribution is -2.32. The Balaban J connectivity index is 2.11. The van der Waals surface area contributed by atoms with Crippen LogP contribution in [0.15, 0.2) is 30.6 Å².